The predicted molar refractivity (Wildman–Crippen MR) is 106 cm³/mol. The zero-order valence-electron chi connectivity index (χ0n) is 15.2. The van der Waals surface area contributed by atoms with Crippen LogP contribution in [-0.4, -0.2) is 34.9 Å². The Labute approximate surface area is 166 Å². The lowest BCUT2D eigenvalue weighted by atomic mass is 10.1. The third-order valence-corrected chi connectivity index (χ3v) is 5.26. The molecule has 0 N–H and O–H groups in total. The van der Waals surface area contributed by atoms with Gasteiger partial charge in [-0.15, -0.1) is 11.3 Å². The number of carbonyl (C=O) groups is 2. The fraction of sp³-hybridized carbons (Fsp3) is 0.421. The second-order valence-corrected chi connectivity index (χ2v) is 8.03. The van der Waals surface area contributed by atoms with Crippen molar-refractivity contribution < 1.29 is 14.3 Å². The van der Waals surface area contributed by atoms with Gasteiger partial charge in [0.05, 0.1) is 18.7 Å². The summed E-state index contributed by atoms with van der Waals surface area (Å²) in [6.45, 7) is 7.33. The number of esters is 1. The van der Waals surface area contributed by atoms with E-state index in [4.69, 9.17) is 4.74 Å². The summed E-state index contributed by atoms with van der Waals surface area (Å²) in [5, 5.41) is 2.40. The van der Waals surface area contributed by atoms with Crippen LogP contribution in [0.2, 0.25) is 0 Å². The van der Waals surface area contributed by atoms with E-state index < -0.39 is 5.97 Å². The molecule has 7 heteroatoms. The number of hydrogen-bond acceptors (Lipinski definition) is 5. The van der Waals surface area contributed by atoms with E-state index in [-0.39, 0.29) is 5.91 Å². The first-order valence-electron chi connectivity index (χ1n) is 8.57. The van der Waals surface area contributed by atoms with Crippen LogP contribution in [0.3, 0.4) is 0 Å². The molecule has 1 aromatic carbocycles. The Hall–Kier alpha value is -1.73. The minimum atomic E-state index is -0.430. The smallest absolute Gasteiger partial charge is 0.357 e. The average molecular weight is 439 g/mol. The molecule has 0 bridgehead atoms. The standard InChI is InChI=1S/C19H23BrN2O3S/c1-4-25-19(24)16-12-26-17(21-16)11-22(10-9-13(2)3)18(23)14-7-5-6-8-15(14)20/h5-8,12-13H,4,9-11H2,1-3H3. The minimum absolute atomic E-state index is 0.0500. The van der Waals surface area contributed by atoms with Crippen LogP contribution in [0.25, 0.3) is 0 Å². The molecule has 0 aliphatic carbocycles. The van der Waals surface area contributed by atoms with Crippen LogP contribution in [0.5, 0.6) is 0 Å². The van der Waals surface area contributed by atoms with E-state index in [1.54, 1.807) is 23.3 Å². The fourth-order valence-electron chi connectivity index (χ4n) is 2.32. The maximum atomic E-state index is 13.0. The molecule has 26 heavy (non-hydrogen) atoms. The lowest BCUT2D eigenvalue weighted by molar-refractivity contribution is 0.0520. The Morgan fingerprint density at radius 2 is 2.04 bits per heavy atom. The highest BCUT2D eigenvalue weighted by molar-refractivity contribution is 9.10. The molecule has 140 valence electrons. The van der Waals surface area contributed by atoms with Gasteiger partial charge >= 0.3 is 5.97 Å². The number of halogens is 1. The highest BCUT2D eigenvalue weighted by Gasteiger charge is 2.21. The third kappa shape index (κ3) is 5.64. The topological polar surface area (TPSA) is 59.5 Å². The number of aromatic nitrogens is 1. The van der Waals surface area contributed by atoms with Gasteiger partial charge < -0.3 is 9.64 Å². The van der Waals surface area contributed by atoms with E-state index in [1.807, 2.05) is 18.2 Å². The number of amides is 1. The summed E-state index contributed by atoms with van der Waals surface area (Å²) >= 11 is 4.81. The summed E-state index contributed by atoms with van der Waals surface area (Å²) in [4.78, 5) is 30.9. The second kappa shape index (κ2) is 9.83. The Morgan fingerprint density at radius 3 is 2.69 bits per heavy atom. The molecule has 0 atom stereocenters. The first-order chi connectivity index (χ1) is 12.4. The molecule has 0 spiro atoms. The van der Waals surface area contributed by atoms with E-state index in [9.17, 15) is 9.59 Å². The number of ether oxygens (including phenoxy) is 1. The van der Waals surface area contributed by atoms with Gasteiger partial charge in [0.2, 0.25) is 0 Å². The van der Waals surface area contributed by atoms with Crippen LogP contribution in [-0.2, 0) is 11.3 Å². The van der Waals surface area contributed by atoms with Crippen molar-refractivity contribution in [2.45, 2.75) is 33.7 Å². The van der Waals surface area contributed by atoms with Gasteiger partial charge in [-0.05, 0) is 47.3 Å². The molecular formula is C19H23BrN2O3S. The molecule has 0 fully saturated rings. The van der Waals surface area contributed by atoms with Crippen molar-refractivity contribution >= 4 is 39.1 Å². The molecule has 0 aliphatic rings. The normalized spacial score (nSPS) is 10.8. The zero-order valence-corrected chi connectivity index (χ0v) is 17.6. The molecule has 0 saturated heterocycles. The van der Waals surface area contributed by atoms with Gasteiger partial charge in [-0.25, -0.2) is 9.78 Å². The van der Waals surface area contributed by atoms with Crippen LogP contribution in [0.15, 0.2) is 34.1 Å². The number of rotatable bonds is 8. The van der Waals surface area contributed by atoms with Crippen LogP contribution in [0, 0.1) is 5.92 Å². The van der Waals surface area contributed by atoms with Crippen molar-refractivity contribution in [2.75, 3.05) is 13.2 Å². The molecule has 5 nitrogen and oxygen atoms in total. The molecule has 0 saturated carbocycles. The second-order valence-electron chi connectivity index (χ2n) is 6.24. The van der Waals surface area contributed by atoms with Gasteiger partial charge in [-0.2, -0.15) is 0 Å². The van der Waals surface area contributed by atoms with Crippen LogP contribution >= 0.6 is 27.3 Å². The Morgan fingerprint density at radius 1 is 1.31 bits per heavy atom. The van der Waals surface area contributed by atoms with Crippen LogP contribution < -0.4 is 0 Å². The summed E-state index contributed by atoms with van der Waals surface area (Å²) in [6.07, 6.45) is 0.895. The highest BCUT2D eigenvalue weighted by atomic mass is 79.9. The quantitative estimate of drug-likeness (QED) is 0.556. The first-order valence-corrected chi connectivity index (χ1v) is 10.2. The third-order valence-electron chi connectivity index (χ3n) is 3.73. The van der Waals surface area contributed by atoms with Gasteiger partial charge in [-0.1, -0.05) is 26.0 Å². The molecule has 2 aromatic rings. The number of carbonyl (C=O) groups excluding carboxylic acids is 2. The summed E-state index contributed by atoms with van der Waals surface area (Å²) in [7, 11) is 0. The highest BCUT2D eigenvalue weighted by Crippen LogP contribution is 2.21. The number of nitrogens with zero attached hydrogens (tertiary/aromatic N) is 2. The summed E-state index contributed by atoms with van der Waals surface area (Å²) in [5.74, 6) is 0.00257. The van der Waals surface area contributed by atoms with E-state index in [0.717, 1.165) is 15.9 Å². The Bertz CT molecular complexity index is 761. The van der Waals surface area contributed by atoms with Crippen molar-refractivity contribution in [2.24, 2.45) is 5.92 Å². The molecule has 0 unspecified atom stereocenters. The van der Waals surface area contributed by atoms with E-state index >= 15 is 0 Å². The van der Waals surface area contributed by atoms with E-state index in [0.29, 0.717) is 36.9 Å². The van der Waals surface area contributed by atoms with E-state index in [1.165, 1.54) is 11.3 Å². The Kier molecular flexibility index (Phi) is 7.78. The van der Waals surface area contributed by atoms with Gasteiger partial charge in [0, 0.05) is 16.4 Å². The van der Waals surface area contributed by atoms with Crippen LogP contribution in [0.4, 0.5) is 0 Å². The number of hydrogen-bond donors (Lipinski definition) is 0. The van der Waals surface area contributed by atoms with Crippen molar-refractivity contribution in [1.29, 1.82) is 0 Å². The largest absolute Gasteiger partial charge is 0.461 e. The molecule has 1 heterocycles. The summed E-state index contributed by atoms with van der Waals surface area (Å²) < 4.78 is 5.75. The first kappa shape index (κ1) is 20.6. The maximum absolute atomic E-state index is 13.0. The van der Waals surface area contributed by atoms with Crippen molar-refractivity contribution in [3.8, 4) is 0 Å². The monoisotopic (exact) mass is 438 g/mol. The summed E-state index contributed by atoms with van der Waals surface area (Å²) in [6, 6.07) is 7.39. The number of thiazole rings is 1. The van der Waals surface area contributed by atoms with Gasteiger partial charge in [0.1, 0.15) is 5.01 Å². The average Bonchev–Trinajstić information content (AvgIpc) is 3.07. The minimum Gasteiger partial charge on any atom is -0.461 e. The lowest BCUT2D eigenvalue weighted by Gasteiger charge is -2.23. The molecule has 1 amide bonds. The molecule has 0 aliphatic heterocycles. The van der Waals surface area contributed by atoms with Crippen molar-refractivity contribution in [3.05, 3.63) is 50.4 Å². The SMILES string of the molecule is CCOC(=O)c1csc(CN(CCC(C)C)C(=O)c2ccccc2Br)n1. The molecule has 0 radical (unpaired) electrons. The summed E-state index contributed by atoms with van der Waals surface area (Å²) in [5.41, 5.74) is 0.919. The van der Waals surface area contributed by atoms with Crippen molar-refractivity contribution in [1.82, 2.24) is 9.88 Å². The van der Waals surface area contributed by atoms with E-state index in [2.05, 4.69) is 34.8 Å². The van der Waals surface area contributed by atoms with Gasteiger partial charge in [0.25, 0.3) is 5.91 Å². The molecule has 2 rings (SSSR count). The van der Waals surface area contributed by atoms with Crippen LogP contribution in [0.1, 0.15) is 53.0 Å². The molecule has 1 aromatic heterocycles. The van der Waals surface area contributed by atoms with Gasteiger partial charge in [-0.3, -0.25) is 4.79 Å². The molecular weight excluding hydrogens is 416 g/mol. The number of benzene rings is 1. The zero-order chi connectivity index (χ0) is 19.1. The van der Waals surface area contributed by atoms with Gasteiger partial charge in [0.15, 0.2) is 5.69 Å². The van der Waals surface area contributed by atoms with Crippen molar-refractivity contribution in [3.63, 3.8) is 0 Å². The maximum Gasteiger partial charge on any atom is 0.357 e. The Balaban J connectivity index is 2.18. The predicted octanol–water partition coefficient (Wildman–Crippen LogP) is 4.77. The lowest BCUT2D eigenvalue weighted by Crippen LogP contribution is -2.32. The fourth-order valence-corrected chi connectivity index (χ4v) is 3.55.